The molecule has 1 atom stereocenters. The van der Waals surface area contributed by atoms with Crippen molar-refractivity contribution in [3.05, 3.63) is 90.0 Å². The molecule has 33 heavy (non-hydrogen) atoms. The van der Waals surface area contributed by atoms with Gasteiger partial charge in [-0.15, -0.1) is 0 Å². The van der Waals surface area contributed by atoms with Crippen LogP contribution >= 0.6 is 0 Å². The third-order valence-corrected chi connectivity index (χ3v) is 7.08. The van der Waals surface area contributed by atoms with Gasteiger partial charge in [0.25, 0.3) is 10.0 Å². The normalized spacial score (nSPS) is 12.1. The van der Waals surface area contributed by atoms with Crippen molar-refractivity contribution in [1.29, 1.82) is 0 Å². The first-order chi connectivity index (χ1) is 15.8. The summed E-state index contributed by atoms with van der Waals surface area (Å²) in [6, 6.07) is 23.3. The van der Waals surface area contributed by atoms with Crippen LogP contribution in [0.3, 0.4) is 0 Å². The van der Waals surface area contributed by atoms with Crippen LogP contribution in [0.2, 0.25) is 0 Å². The molecule has 0 spiro atoms. The van der Waals surface area contributed by atoms with E-state index in [1.807, 2.05) is 51.1 Å². The fourth-order valence-corrected chi connectivity index (χ4v) is 4.86. The van der Waals surface area contributed by atoms with Crippen LogP contribution in [-0.2, 0) is 14.8 Å². The number of anilines is 1. The van der Waals surface area contributed by atoms with Crippen molar-refractivity contribution in [3.8, 4) is 5.75 Å². The second-order valence-electron chi connectivity index (χ2n) is 7.84. The van der Waals surface area contributed by atoms with Crippen LogP contribution in [0.5, 0.6) is 5.75 Å². The number of rotatable bonds is 10. The maximum absolute atomic E-state index is 13.6. The van der Waals surface area contributed by atoms with E-state index in [1.54, 1.807) is 48.5 Å². The maximum Gasteiger partial charge on any atom is 0.264 e. The second kappa shape index (κ2) is 11.0. The molecule has 7 heteroatoms. The minimum Gasteiger partial charge on any atom is -0.492 e. The van der Waals surface area contributed by atoms with E-state index in [9.17, 15) is 13.2 Å². The molecule has 3 rings (SSSR count). The number of sulfonamides is 1. The summed E-state index contributed by atoms with van der Waals surface area (Å²) in [5, 5.41) is 2.88. The van der Waals surface area contributed by atoms with Crippen LogP contribution in [0, 0.1) is 6.92 Å². The summed E-state index contributed by atoms with van der Waals surface area (Å²) in [5.41, 5.74) is 2.37. The molecule has 0 aromatic heterocycles. The fraction of sp³-hybridized carbons (Fsp3) is 0.269. The van der Waals surface area contributed by atoms with Crippen molar-refractivity contribution >= 4 is 21.6 Å². The molecule has 0 aliphatic heterocycles. The Morgan fingerprint density at radius 3 is 2.27 bits per heavy atom. The number of carbonyl (C=O) groups is 1. The van der Waals surface area contributed by atoms with Gasteiger partial charge in [0.15, 0.2) is 0 Å². The summed E-state index contributed by atoms with van der Waals surface area (Å²) in [7, 11) is -4.00. The van der Waals surface area contributed by atoms with Crippen LogP contribution < -0.4 is 14.4 Å². The van der Waals surface area contributed by atoms with Crippen LogP contribution in [0.25, 0.3) is 0 Å². The summed E-state index contributed by atoms with van der Waals surface area (Å²) in [4.78, 5) is 13.0. The predicted octanol–water partition coefficient (Wildman–Crippen LogP) is 4.51. The lowest BCUT2D eigenvalue weighted by molar-refractivity contribution is -0.119. The van der Waals surface area contributed by atoms with Gasteiger partial charge in [-0.1, -0.05) is 67.1 Å². The van der Waals surface area contributed by atoms with Gasteiger partial charge in [-0.25, -0.2) is 8.42 Å². The zero-order chi connectivity index (χ0) is 23.8. The molecule has 3 aromatic rings. The average molecular weight is 467 g/mol. The molecule has 1 N–H and O–H groups in total. The Hall–Kier alpha value is -3.32. The quantitative estimate of drug-likeness (QED) is 0.477. The van der Waals surface area contributed by atoms with Crippen molar-refractivity contribution < 1.29 is 17.9 Å². The third-order valence-electron chi connectivity index (χ3n) is 5.30. The lowest BCUT2D eigenvalue weighted by Gasteiger charge is -2.26. The number of carbonyl (C=O) groups excluding carboxylic acids is 1. The van der Waals surface area contributed by atoms with Gasteiger partial charge in [0.05, 0.1) is 17.2 Å². The molecule has 6 nitrogen and oxygen atoms in total. The Bertz CT molecular complexity index is 1160. The van der Waals surface area contributed by atoms with Crippen LogP contribution in [0.1, 0.15) is 30.9 Å². The lowest BCUT2D eigenvalue weighted by atomic mass is 10.0. The highest BCUT2D eigenvalue weighted by Crippen LogP contribution is 2.32. The van der Waals surface area contributed by atoms with E-state index in [0.717, 1.165) is 15.4 Å². The molecule has 0 saturated heterocycles. The summed E-state index contributed by atoms with van der Waals surface area (Å²) in [5.74, 6) is 0.105. The Kier molecular flexibility index (Phi) is 8.11. The summed E-state index contributed by atoms with van der Waals surface area (Å²) in [6.45, 7) is 6.14. The number of para-hydroxylation sites is 2. The van der Waals surface area contributed by atoms with Gasteiger partial charge in [-0.3, -0.25) is 9.10 Å². The molecule has 0 saturated carbocycles. The van der Waals surface area contributed by atoms with E-state index in [-0.39, 0.29) is 23.3 Å². The van der Waals surface area contributed by atoms with E-state index < -0.39 is 10.0 Å². The highest BCUT2D eigenvalue weighted by molar-refractivity contribution is 7.92. The Balaban J connectivity index is 1.87. The first-order valence-corrected chi connectivity index (χ1v) is 12.4. The molecule has 0 unspecified atom stereocenters. The van der Waals surface area contributed by atoms with Gasteiger partial charge in [0.1, 0.15) is 12.3 Å². The molecular weight excluding hydrogens is 436 g/mol. The summed E-state index contributed by atoms with van der Waals surface area (Å²) < 4.78 is 34.0. The van der Waals surface area contributed by atoms with E-state index in [1.165, 1.54) is 0 Å². The minimum atomic E-state index is -4.00. The lowest BCUT2D eigenvalue weighted by Crippen LogP contribution is -2.42. The van der Waals surface area contributed by atoms with Crippen molar-refractivity contribution in [2.75, 3.05) is 24.0 Å². The Morgan fingerprint density at radius 1 is 0.970 bits per heavy atom. The largest absolute Gasteiger partial charge is 0.492 e. The third kappa shape index (κ3) is 6.14. The zero-order valence-electron chi connectivity index (χ0n) is 19.2. The fourth-order valence-electron chi connectivity index (χ4n) is 3.43. The second-order valence-corrected chi connectivity index (χ2v) is 9.70. The van der Waals surface area contributed by atoms with Gasteiger partial charge in [-0.2, -0.15) is 0 Å². The SMILES string of the molecule is CCOc1ccccc1N(CC(=O)NC[C@H](C)c1ccccc1)S(=O)(=O)c1ccc(C)cc1. The molecule has 0 bridgehead atoms. The molecule has 1 amide bonds. The van der Waals surface area contributed by atoms with Crippen LogP contribution in [0.4, 0.5) is 5.69 Å². The number of hydrogen-bond acceptors (Lipinski definition) is 4. The van der Waals surface area contributed by atoms with Crippen molar-refractivity contribution in [3.63, 3.8) is 0 Å². The van der Waals surface area contributed by atoms with Gasteiger partial charge in [-0.05, 0) is 49.6 Å². The number of benzene rings is 3. The number of nitrogens with one attached hydrogen (secondary N) is 1. The van der Waals surface area contributed by atoms with E-state index in [2.05, 4.69) is 5.32 Å². The standard InChI is InChI=1S/C26H30N2O4S/c1-4-32-25-13-9-8-12-24(25)28(33(30,31)23-16-14-20(2)15-17-23)19-26(29)27-18-21(3)22-10-6-5-7-11-22/h5-17,21H,4,18-19H2,1-3H3,(H,27,29)/t21-/m0/s1. The molecule has 3 aromatic carbocycles. The van der Waals surface area contributed by atoms with Crippen molar-refractivity contribution in [2.45, 2.75) is 31.6 Å². The van der Waals surface area contributed by atoms with Crippen LogP contribution in [-0.4, -0.2) is 34.0 Å². The monoisotopic (exact) mass is 466 g/mol. The highest BCUT2D eigenvalue weighted by Gasteiger charge is 2.29. The van der Waals surface area contributed by atoms with Crippen LogP contribution in [0.15, 0.2) is 83.8 Å². The van der Waals surface area contributed by atoms with Crippen molar-refractivity contribution in [1.82, 2.24) is 5.32 Å². The molecule has 0 fully saturated rings. The van der Waals surface area contributed by atoms with Gasteiger partial charge < -0.3 is 10.1 Å². The van der Waals surface area contributed by atoms with Gasteiger partial charge in [0, 0.05) is 6.54 Å². The van der Waals surface area contributed by atoms with E-state index in [4.69, 9.17) is 4.74 Å². The average Bonchev–Trinajstić information content (AvgIpc) is 2.82. The van der Waals surface area contributed by atoms with E-state index >= 15 is 0 Å². The van der Waals surface area contributed by atoms with Gasteiger partial charge in [0.2, 0.25) is 5.91 Å². The molecular formula is C26H30N2O4S. The number of ether oxygens (including phenoxy) is 1. The van der Waals surface area contributed by atoms with E-state index in [0.29, 0.717) is 24.6 Å². The molecule has 0 radical (unpaired) electrons. The minimum absolute atomic E-state index is 0.0908. The first-order valence-electron chi connectivity index (χ1n) is 11.0. The zero-order valence-corrected chi connectivity index (χ0v) is 20.0. The smallest absolute Gasteiger partial charge is 0.264 e. The number of aryl methyl sites for hydroxylation is 1. The molecule has 0 heterocycles. The van der Waals surface area contributed by atoms with Crippen molar-refractivity contribution in [2.24, 2.45) is 0 Å². The number of nitrogens with zero attached hydrogens (tertiary/aromatic N) is 1. The van der Waals surface area contributed by atoms with Gasteiger partial charge >= 0.3 is 0 Å². The predicted molar refractivity (Wildman–Crippen MR) is 131 cm³/mol. The topological polar surface area (TPSA) is 75.7 Å². The molecule has 0 aliphatic carbocycles. The number of amides is 1. The summed E-state index contributed by atoms with van der Waals surface area (Å²) >= 11 is 0. The molecule has 174 valence electrons. The Morgan fingerprint density at radius 2 is 1.61 bits per heavy atom. The Labute approximate surface area is 196 Å². The first kappa shape index (κ1) is 24.3. The highest BCUT2D eigenvalue weighted by atomic mass is 32.2. The number of hydrogen-bond donors (Lipinski definition) is 1. The summed E-state index contributed by atoms with van der Waals surface area (Å²) in [6.07, 6.45) is 0. The maximum atomic E-state index is 13.6. The molecule has 0 aliphatic rings.